The molecule has 2 amide bonds. The van der Waals surface area contributed by atoms with Gasteiger partial charge in [-0.05, 0) is 67.9 Å². The van der Waals surface area contributed by atoms with Gasteiger partial charge in [-0.25, -0.2) is 18.7 Å². The third-order valence-corrected chi connectivity index (χ3v) is 6.84. The van der Waals surface area contributed by atoms with Gasteiger partial charge in [0, 0.05) is 29.2 Å². The van der Waals surface area contributed by atoms with Crippen molar-refractivity contribution in [3.8, 4) is 5.75 Å². The summed E-state index contributed by atoms with van der Waals surface area (Å²) in [6, 6.07) is 18.7. The standard InChI is InChI=1S/C30H28F2N4O3S/c1-19-16-20(2)34-30(33-19)40-18-27(37)36(17-22-6-4-5-7-26(22)32)28(21-8-10-23(31)11-9-21)29(38)35-24-12-14-25(39-3)15-13-24/h4-16,28H,17-18H2,1-3H3,(H,35,38)/t28-/m1/s1. The molecule has 1 heterocycles. The lowest BCUT2D eigenvalue weighted by Crippen LogP contribution is -2.42. The molecular formula is C30H28F2N4O3S. The number of hydrogen-bond donors (Lipinski definition) is 1. The highest BCUT2D eigenvalue weighted by Gasteiger charge is 2.32. The molecule has 4 rings (SSSR count). The van der Waals surface area contributed by atoms with Crippen LogP contribution < -0.4 is 10.1 Å². The molecule has 0 radical (unpaired) electrons. The summed E-state index contributed by atoms with van der Waals surface area (Å²) in [4.78, 5) is 37.6. The van der Waals surface area contributed by atoms with Crippen LogP contribution in [0.4, 0.5) is 14.5 Å². The monoisotopic (exact) mass is 562 g/mol. The van der Waals surface area contributed by atoms with E-state index in [1.165, 1.54) is 42.3 Å². The average Bonchev–Trinajstić information content (AvgIpc) is 2.93. The highest BCUT2D eigenvalue weighted by Crippen LogP contribution is 2.28. The van der Waals surface area contributed by atoms with Crippen LogP contribution in [-0.2, 0) is 16.1 Å². The molecule has 0 bridgehead atoms. The minimum Gasteiger partial charge on any atom is -0.497 e. The molecule has 0 spiro atoms. The van der Waals surface area contributed by atoms with Crippen LogP contribution in [0.3, 0.4) is 0 Å². The maximum absolute atomic E-state index is 14.8. The zero-order valence-electron chi connectivity index (χ0n) is 22.2. The fourth-order valence-corrected chi connectivity index (χ4v) is 4.94. The van der Waals surface area contributed by atoms with Gasteiger partial charge in [0.15, 0.2) is 5.16 Å². The SMILES string of the molecule is COc1ccc(NC(=O)[C@@H](c2ccc(F)cc2)N(Cc2ccccc2F)C(=O)CSc2nc(C)cc(C)n2)cc1. The molecule has 10 heteroatoms. The van der Waals surface area contributed by atoms with E-state index in [0.29, 0.717) is 22.2 Å². The molecule has 0 saturated carbocycles. The first-order valence-corrected chi connectivity index (χ1v) is 13.4. The predicted octanol–water partition coefficient (Wildman–Crippen LogP) is 5.88. The minimum atomic E-state index is -1.20. The Hall–Kier alpha value is -4.31. The molecule has 4 aromatic rings. The lowest BCUT2D eigenvalue weighted by Gasteiger charge is -2.31. The van der Waals surface area contributed by atoms with E-state index in [0.717, 1.165) is 23.1 Å². The van der Waals surface area contributed by atoms with Crippen LogP contribution in [0.5, 0.6) is 5.75 Å². The molecule has 0 fully saturated rings. The first-order chi connectivity index (χ1) is 19.2. The smallest absolute Gasteiger partial charge is 0.251 e. The average molecular weight is 563 g/mol. The summed E-state index contributed by atoms with van der Waals surface area (Å²) in [6.45, 7) is 3.47. The number of thioether (sulfide) groups is 1. The summed E-state index contributed by atoms with van der Waals surface area (Å²) >= 11 is 1.12. The lowest BCUT2D eigenvalue weighted by molar-refractivity contribution is -0.137. The van der Waals surface area contributed by atoms with Gasteiger partial charge in [-0.2, -0.15) is 0 Å². The Morgan fingerprint density at radius 1 is 0.950 bits per heavy atom. The molecule has 0 aliphatic rings. The maximum atomic E-state index is 14.8. The second-order valence-electron chi connectivity index (χ2n) is 9.01. The topological polar surface area (TPSA) is 84.4 Å². The number of aryl methyl sites for hydroxylation is 2. The van der Waals surface area contributed by atoms with Gasteiger partial charge in [0.05, 0.1) is 12.9 Å². The summed E-state index contributed by atoms with van der Waals surface area (Å²) in [5.41, 5.74) is 2.58. The number of nitrogens with zero attached hydrogens (tertiary/aromatic N) is 3. The van der Waals surface area contributed by atoms with Crippen LogP contribution in [0.15, 0.2) is 84.0 Å². The number of nitrogens with one attached hydrogen (secondary N) is 1. The summed E-state index contributed by atoms with van der Waals surface area (Å²) < 4.78 is 33.8. The van der Waals surface area contributed by atoms with Crippen LogP contribution in [0, 0.1) is 25.5 Å². The largest absolute Gasteiger partial charge is 0.497 e. The summed E-state index contributed by atoms with van der Waals surface area (Å²) in [5.74, 6) is -1.50. The molecule has 206 valence electrons. The molecule has 3 aromatic carbocycles. The first kappa shape index (κ1) is 28.7. The Balaban J connectivity index is 1.70. The van der Waals surface area contributed by atoms with Crippen molar-refractivity contribution < 1.29 is 23.1 Å². The van der Waals surface area contributed by atoms with Crippen molar-refractivity contribution in [2.75, 3.05) is 18.2 Å². The van der Waals surface area contributed by atoms with Crippen molar-refractivity contribution in [1.82, 2.24) is 14.9 Å². The Morgan fingerprint density at radius 3 is 2.23 bits per heavy atom. The van der Waals surface area contributed by atoms with Gasteiger partial charge >= 0.3 is 0 Å². The molecule has 0 aliphatic heterocycles. The molecule has 1 N–H and O–H groups in total. The second kappa shape index (κ2) is 13.2. The van der Waals surface area contributed by atoms with Crippen molar-refractivity contribution in [1.29, 1.82) is 0 Å². The third-order valence-electron chi connectivity index (χ3n) is 6.01. The Bertz CT molecular complexity index is 1460. The van der Waals surface area contributed by atoms with Gasteiger partial charge in [0.1, 0.15) is 23.4 Å². The highest BCUT2D eigenvalue weighted by atomic mass is 32.2. The number of carbonyl (C=O) groups excluding carboxylic acids is 2. The summed E-state index contributed by atoms with van der Waals surface area (Å²) in [5, 5.41) is 3.24. The van der Waals surface area contributed by atoms with Crippen molar-refractivity contribution in [3.63, 3.8) is 0 Å². The van der Waals surface area contributed by atoms with Crippen molar-refractivity contribution in [2.45, 2.75) is 31.6 Å². The molecule has 7 nitrogen and oxygen atoms in total. The molecule has 1 aromatic heterocycles. The van der Waals surface area contributed by atoms with Gasteiger partial charge in [0.2, 0.25) is 5.91 Å². The van der Waals surface area contributed by atoms with Crippen LogP contribution >= 0.6 is 11.8 Å². The Kier molecular flexibility index (Phi) is 9.44. The molecule has 0 aliphatic carbocycles. The van der Waals surface area contributed by atoms with E-state index in [2.05, 4.69) is 15.3 Å². The molecule has 40 heavy (non-hydrogen) atoms. The zero-order valence-corrected chi connectivity index (χ0v) is 23.0. The number of benzene rings is 3. The number of methoxy groups -OCH3 is 1. The quantitative estimate of drug-likeness (QED) is 0.192. The summed E-state index contributed by atoms with van der Waals surface area (Å²) in [6.07, 6.45) is 0. The Labute approximate surface area is 235 Å². The molecular weight excluding hydrogens is 534 g/mol. The van der Waals surface area contributed by atoms with E-state index in [9.17, 15) is 18.4 Å². The number of hydrogen-bond acceptors (Lipinski definition) is 6. The number of rotatable bonds is 10. The molecule has 1 atom stereocenters. The molecule has 0 saturated heterocycles. The van der Waals surface area contributed by atoms with Gasteiger partial charge in [-0.3, -0.25) is 9.59 Å². The normalized spacial score (nSPS) is 11.5. The number of amides is 2. The Morgan fingerprint density at radius 2 is 1.60 bits per heavy atom. The van der Waals surface area contributed by atoms with Gasteiger partial charge in [-0.15, -0.1) is 0 Å². The van der Waals surface area contributed by atoms with E-state index in [1.54, 1.807) is 42.5 Å². The van der Waals surface area contributed by atoms with Gasteiger partial charge in [-0.1, -0.05) is 42.1 Å². The third kappa shape index (κ3) is 7.41. The van der Waals surface area contributed by atoms with Crippen molar-refractivity contribution in [2.24, 2.45) is 0 Å². The summed E-state index contributed by atoms with van der Waals surface area (Å²) in [7, 11) is 1.53. The van der Waals surface area contributed by atoms with Crippen molar-refractivity contribution >= 4 is 29.3 Å². The number of halogens is 2. The zero-order chi connectivity index (χ0) is 28.6. The fourth-order valence-electron chi connectivity index (χ4n) is 4.10. The second-order valence-corrected chi connectivity index (χ2v) is 9.95. The predicted molar refractivity (Wildman–Crippen MR) is 150 cm³/mol. The van der Waals surface area contributed by atoms with E-state index in [-0.39, 0.29) is 17.9 Å². The van der Waals surface area contributed by atoms with Crippen LogP contribution in [0.2, 0.25) is 0 Å². The van der Waals surface area contributed by atoms with E-state index in [1.807, 2.05) is 19.9 Å². The number of ether oxygens (including phenoxy) is 1. The van der Waals surface area contributed by atoms with Gasteiger partial charge < -0.3 is 15.0 Å². The van der Waals surface area contributed by atoms with Crippen LogP contribution in [0.1, 0.15) is 28.6 Å². The number of anilines is 1. The van der Waals surface area contributed by atoms with Crippen LogP contribution in [-0.4, -0.2) is 39.5 Å². The first-order valence-electron chi connectivity index (χ1n) is 12.4. The van der Waals surface area contributed by atoms with E-state index < -0.39 is 29.5 Å². The van der Waals surface area contributed by atoms with Crippen LogP contribution in [0.25, 0.3) is 0 Å². The maximum Gasteiger partial charge on any atom is 0.251 e. The van der Waals surface area contributed by atoms with E-state index in [4.69, 9.17) is 4.74 Å². The van der Waals surface area contributed by atoms with E-state index >= 15 is 0 Å². The fraction of sp³-hybridized carbons (Fsp3) is 0.200. The van der Waals surface area contributed by atoms with Gasteiger partial charge in [0.25, 0.3) is 5.91 Å². The lowest BCUT2D eigenvalue weighted by atomic mass is 10.0. The van der Waals surface area contributed by atoms with Crippen molar-refractivity contribution in [3.05, 3.63) is 113 Å². The minimum absolute atomic E-state index is 0.106. The number of aromatic nitrogens is 2. The number of carbonyl (C=O) groups is 2. The highest BCUT2D eigenvalue weighted by molar-refractivity contribution is 7.99. The molecule has 0 unspecified atom stereocenters.